The maximum atomic E-state index is 13.2. The van der Waals surface area contributed by atoms with E-state index >= 15 is 0 Å². The Hall–Kier alpha value is -0.870. The Kier molecular flexibility index (Phi) is 5.62. The molecule has 0 aliphatic carbocycles. The summed E-state index contributed by atoms with van der Waals surface area (Å²) >= 11 is 2.83. The Morgan fingerprint density at radius 1 is 1.33 bits per heavy atom. The van der Waals surface area contributed by atoms with E-state index in [1.165, 1.54) is 0 Å². The monoisotopic (exact) mass is 392 g/mol. The molecule has 120 valence electrons. The van der Waals surface area contributed by atoms with Crippen molar-refractivity contribution in [2.45, 2.75) is 24.4 Å². The third kappa shape index (κ3) is 4.55. The molecule has 0 spiro atoms. The van der Waals surface area contributed by atoms with Crippen LogP contribution in [-0.4, -0.2) is 32.0 Å². The Balaban J connectivity index is 3.32. The summed E-state index contributed by atoms with van der Waals surface area (Å²) in [5.41, 5.74) is 4.83. The zero-order valence-corrected chi connectivity index (χ0v) is 13.3. The van der Waals surface area contributed by atoms with Crippen LogP contribution in [-0.2, 0) is 10.0 Å². The van der Waals surface area contributed by atoms with Gasteiger partial charge in [0, 0.05) is 11.0 Å². The number of sulfonamides is 1. The molecule has 0 saturated heterocycles. The molecule has 1 rings (SSSR count). The van der Waals surface area contributed by atoms with Crippen LogP contribution in [0, 0.1) is 5.82 Å². The Morgan fingerprint density at radius 2 is 1.90 bits per heavy atom. The first-order valence-corrected chi connectivity index (χ1v) is 8.03. The number of halogens is 5. The number of alkyl halides is 3. The van der Waals surface area contributed by atoms with Gasteiger partial charge in [0.1, 0.15) is 12.4 Å². The van der Waals surface area contributed by atoms with Gasteiger partial charge in [0.2, 0.25) is 10.0 Å². The van der Waals surface area contributed by atoms with Crippen molar-refractivity contribution in [1.82, 2.24) is 4.31 Å². The summed E-state index contributed by atoms with van der Waals surface area (Å²) in [5, 5.41) is 0. The molecular weight excluding hydrogens is 380 g/mol. The summed E-state index contributed by atoms with van der Waals surface area (Å²) in [7, 11) is -4.45. The van der Waals surface area contributed by atoms with Gasteiger partial charge in [0.25, 0.3) is 0 Å². The lowest BCUT2D eigenvalue weighted by Crippen LogP contribution is -2.39. The molecular formula is C11H13BrF4N2O2S. The molecule has 0 bridgehead atoms. The Labute approximate surface area is 128 Å². The normalized spacial score (nSPS) is 12.9. The third-order valence-electron chi connectivity index (χ3n) is 2.50. The van der Waals surface area contributed by atoms with Crippen LogP contribution in [0.5, 0.6) is 0 Å². The van der Waals surface area contributed by atoms with E-state index in [4.69, 9.17) is 5.73 Å². The lowest BCUT2D eigenvalue weighted by molar-refractivity contribution is -0.136. The quantitative estimate of drug-likeness (QED) is 0.618. The Bertz CT molecular complexity index is 619. The first-order chi connectivity index (χ1) is 9.49. The molecule has 21 heavy (non-hydrogen) atoms. The summed E-state index contributed by atoms with van der Waals surface area (Å²) < 4.78 is 75.5. The lowest BCUT2D eigenvalue weighted by Gasteiger charge is -2.23. The predicted molar refractivity (Wildman–Crippen MR) is 73.6 cm³/mol. The number of nitrogens with two attached hydrogens (primary N) is 1. The van der Waals surface area contributed by atoms with Crippen LogP contribution in [0.2, 0.25) is 0 Å². The van der Waals surface area contributed by atoms with Crippen molar-refractivity contribution in [3.63, 3.8) is 0 Å². The first kappa shape index (κ1) is 18.2. The van der Waals surface area contributed by atoms with Gasteiger partial charge in [-0.3, -0.25) is 0 Å². The van der Waals surface area contributed by atoms with Gasteiger partial charge in [-0.05, 0) is 34.5 Å². The minimum Gasteiger partial charge on any atom is -0.396 e. The van der Waals surface area contributed by atoms with Gasteiger partial charge in [-0.25, -0.2) is 12.8 Å². The third-order valence-corrected chi connectivity index (χ3v) is 5.30. The van der Waals surface area contributed by atoms with Crippen LogP contribution >= 0.6 is 15.9 Å². The van der Waals surface area contributed by atoms with Gasteiger partial charge in [-0.15, -0.1) is 0 Å². The molecule has 1 aromatic rings. The highest BCUT2D eigenvalue weighted by molar-refractivity contribution is 9.10. The minimum absolute atomic E-state index is 0.183. The second kappa shape index (κ2) is 6.49. The fourth-order valence-corrected chi connectivity index (χ4v) is 4.14. The molecule has 0 unspecified atom stereocenters. The largest absolute Gasteiger partial charge is 0.402 e. The summed E-state index contributed by atoms with van der Waals surface area (Å²) in [5.74, 6) is -0.862. The number of rotatable bonds is 5. The van der Waals surface area contributed by atoms with Crippen molar-refractivity contribution in [3.05, 3.63) is 22.4 Å². The van der Waals surface area contributed by atoms with Crippen LogP contribution < -0.4 is 5.73 Å². The van der Waals surface area contributed by atoms with Crippen molar-refractivity contribution in [2.24, 2.45) is 0 Å². The summed E-state index contributed by atoms with van der Waals surface area (Å²) in [6.07, 6.45) is -4.48. The van der Waals surface area contributed by atoms with Gasteiger partial charge < -0.3 is 5.73 Å². The number of hydrogen-bond donors (Lipinski definition) is 1. The highest BCUT2D eigenvalue weighted by Crippen LogP contribution is 2.30. The zero-order chi connectivity index (χ0) is 16.4. The molecule has 4 nitrogen and oxygen atoms in total. The number of hydrogen-bond acceptors (Lipinski definition) is 3. The molecule has 0 saturated carbocycles. The molecule has 2 N–H and O–H groups in total. The molecule has 0 fully saturated rings. The number of nitrogen functional groups attached to an aromatic ring is 1. The number of nitrogens with zero attached hydrogens (tertiary/aromatic N) is 1. The lowest BCUT2D eigenvalue weighted by atomic mass is 10.3. The molecule has 10 heteroatoms. The minimum atomic E-state index is -4.68. The molecule has 0 atom stereocenters. The standard InChI is InChI=1S/C11H13BrF4N2O2S/c1-2-3-18(6-11(14,15)16)21(19,20)10-5-9(17)8(13)4-7(10)12/h4-5H,2-3,6,17H2,1H3. The molecule has 0 heterocycles. The highest BCUT2D eigenvalue weighted by atomic mass is 79.9. The second-order valence-electron chi connectivity index (χ2n) is 4.26. The van der Waals surface area contributed by atoms with E-state index in [2.05, 4.69) is 15.9 Å². The summed E-state index contributed by atoms with van der Waals surface area (Å²) in [6, 6.07) is 1.60. The predicted octanol–water partition coefficient (Wildman–Crippen LogP) is 3.13. The van der Waals surface area contributed by atoms with Crippen molar-refractivity contribution < 1.29 is 26.0 Å². The maximum absolute atomic E-state index is 13.2. The average molecular weight is 393 g/mol. The van der Waals surface area contributed by atoms with Gasteiger partial charge in [0.05, 0.1) is 10.6 Å². The van der Waals surface area contributed by atoms with Crippen LogP contribution in [0.1, 0.15) is 13.3 Å². The molecule has 0 amide bonds. The van der Waals surface area contributed by atoms with Crippen LogP contribution in [0.15, 0.2) is 21.5 Å². The zero-order valence-electron chi connectivity index (χ0n) is 10.9. The molecule has 1 aromatic carbocycles. The molecule has 0 aliphatic rings. The number of benzene rings is 1. The number of anilines is 1. The van der Waals surface area contributed by atoms with E-state index in [0.29, 0.717) is 4.31 Å². The summed E-state index contributed by atoms with van der Waals surface area (Å²) in [6.45, 7) is -0.384. The van der Waals surface area contributed by atoms with E-state index in [1.807, 2.05) is 0 Å². The van der Waals surface area contributed by atoms with Gasteiger partial charge >= 0.3 is 6.18 Å². The highest BCUT2D eigenvalue weighted by Gasteiger charge is 2.37. The van der Waals surface area contributed by atoms with Gasteiger partial charge in [0.15, 0.2) is 0 Å². The smallest absolute Gasteiger partial charge is 0.396 e. The Morgan fingerprint density at radius 3 is 2.38 bits per heavy atom. The van der Waals surface area contributed by atoms with Crippen LogP contribution in [0.3, 0.4) is 0 Å². The van der Waals surface area contributed by atoms with Crippen LogP contribution in [0.25, 0.3) is 0 Å². The molecule has 0 radical (unpaired) electrons. The average Bonchev–Trinajstić information content (AvgIpc) is 2.31. The topological polar surface area (TPSA) is 63.4 Å². The fourth-order valence-electron chi connectivity index (χ4n) is 1.62. The van der Waals surface area contributed by atoms with Gasteiger partial charge in [-0.1, -0.05) is 6.92 Å². The van der Waals surface area contributed by atoms with E-state index in [1.54, 1.807) is 6.92 Å². The van der Waals surface area contributed by atoms with Crippen molar-refractivity contribution >= 4 is 31.6 Å². The first-order valence-electron chi connectivity index (χ1n) is 5.80. The fraction of sp³-hybridized carbons (Fsp3) is 0.455. The summed E-state index contributed by atoms with van der Waals surface area (Å²) in [4.78, 5) is -0.501. The van der Waals surface area contributed by atoms with Crippen molar-refractivity contribution in [2.75, 3.05) is 18.8 Å². The van der Waals surface area contributed by atoms with E-state index in [-0.39, 0.29) is 17.4 Å². The second-order valence-corrected chi connectivity index (χ2v) is 7.02. The maximum Gasteiger partial charge on any atom is 0.402 e. The van der Waals surface area contributed by atoms with Gasteiger partial charge in [-0.2, -0.15) is 17.5 Å². The van der Waals surface area contributed by atoms with Crippen molar-refractivity contribution in [3.8, 4) is 0 Å². The van der Waals surface area contributed by atoms with E-state index in [0.717, 1.165) is 12.1 Å². The van der Waals surface area contributed by atoms with E-state index in [9.17, 15) is 26.0 Å². The van der Waals surface area contributed by atoms with E-state index < -0.39 is 39.1 Å². The van der Waals surface area contributed by atoms with Crippen LogP contribution in [0.4, 0.5) is 23.2 Å². The SMILES string of the molecule is CCCN(CC(F)(F)F)S(=O)(=O)c1cc(N)c(F)cc1Br. The molecule has 0 aliphatic heterocycles. The molecule has 0 aromatic heterocycles. The van der Waals surface area contributed by atoms with Crippen molar-refractivity contribution in [1.29, 1.82) is 0 Å².